The quantitative estimate of drug-likeness (QED) is 0.702. The third kappa shape index (κ3) is 2.71. The second-order valence-electron chi connectivity index (χ2n) is 5.47. The molecule has 0 aliphatic heterocycles. The number of halogens is 1. The average molecular weight is 346 g/mol. The SMILES string of the molecule is CCc1sc2nc(C)n(CCF)c(=O)c2c1-c1cccc(OC)c1. The first-order valence-electron chi connectivity index (χ1n) is 7.83. The molecule has 126 valence electrons. The molecule has 24 heavy (non-hydrogen) atoms. The molecule has 3 aromatic rings. The van der Waals surface area contributed by atoms with E-state index in [0.29, 0.717) is 16.0 Å². The van der Waals surface area contributed by atoms with Gasteiger partial charge in [-0.25, -0.2) is 9.37 Å². The number of aryl methyl sites for hydroxylation is 2. The van der Waals surface area contributed by atoms with Crippen molar-refractivity contribution < 1.29 is 9.13 Å². The minimum absolute atomic E-state index is 0.0302. The summed E-state index contributed by atoms with van der Waals surface area (Å²) in [6.07, 6.45) is 0.801. The lowest BCUT2D eigenvalue weighted by Gasteiger charge is -2.09. The molecule has 0 aliphatic carbocycles. The molecule has 2 heterocycles. The van der Waals surface area contributed by atoms with E-state index in [-0.39, 0.29) is 12.1 Å². The van der Waals surface area contributed by atoms with Gasteiger partial charge in [-0.2, -0.15) is 0 Å². The number of fused-ring (bicyclic) bond motifs is 1. The van der Waals surface area contributed by atoms with Gasteiger partial charge in [0.25, 0.3) is 5.56 Å². The normalized spacial score (nSPS) is 11.2. The number of aromatic nitrogens is 2. The number of alkyl halides is 1. The fourth-order valence-electron chi connectivity index (χ4n) is 2.91. The Hall–Kier alpha value is -2.21. The van der Waals surface area contributed by atoms with Crippen LogP contribution in [0.1, 0.15) is 17.6 Å². The minimum atomic E-state index is -0.590. The molecule has 0 amide bonds. The van der Waals surface area contributed by atoms with Crippen molar-refractivity contribution in [3.63, 3.8) is 0 Å². The summed E-state index contributed by atoms with van der Waals surface area (Å²) >= 11 is 1.53. The number of benzene rings is 1. The Balaban J connectivity index is 2.37. The van der Waals surface area contributed by atoms with Crippen molar-refractivity contribution in [2.75, 3.05) is 13.8 Å². The lowest BCUT2D eigenvalue weighted by molar-refractivity contribution is 0.415. The van der Waals surface area contributed by atoms with Crippen molar-refractivity contribution >= 4 is 21.6 Å². The third-order valence-corrected chi connectivity index (χ3v) is 5.29. The molecule has 0 unspecified atom stereocenters. The topological polar surface area (TPSA) is 44.1 Å². The van der Waals surface area contributed by atoms with Gasteiger partial charge in [-0.05, 0) is 31.0 Å². The molecular weight excluding hydrogens is 327 g/mol. The van der Waals surface area contributed by atoms with E-state index in [0.717, 1.165) is 28.2 Å². The van der Waals surface area contributed by atoms with Gasteiger partial charge in [0.2, 0.25) is 0 Å². The number of ether oxygens (including phenoxy) is 1. The first kappa shape index (κ1) is 16.6. The number of hydrogen-bond acceptors (Lipinski definition) is 4. The zero-order valence-corrected chi connectivity index (χ0v) is 14.7. The van der Waals surface area contributed by atoms with Crippen LogP contribution in [0.15, 0.2) is 29.1 Å². The molecule has 0 N–H and O–H groups in total. The van der Waals surface area contributed by atoms with Crippen molar-refractivity contribution in [2.24, 2.45) is 0 Å². The second kappa shape index (κ2) is 6.73. The van der Waals surface area contributed by atoms with Crippen LogP contribution in [0.5, 0.6) is 5.75 Å². The molecule has 6 heteroatoms. The highest BCUT2D eigenvalue weighted by Gasteiger charge is 2.19. The van der Waals surface area contributed by atoms with Gasteiger partial charge in [-0.15, -0.1) is 11.3 Å². The van der Waals surface area contributed by atoms with Crippen LogP contribution >= 0.6 is 11.3 Å². The van der Waals surface area contributed by atoms with Crippen molar-refractivity contribution in [3.8, 4) is 16.9 Å². The predicted octanol–water partition coefficient (Wildman–Crippen LogP) is 3.97. The first-order chi connectivity index (χ1) is 11.6. The van der Waals surface area contributed by atoms with Crippen LogP contribution in [0, 0.1) is 6.92 Å². The molecule has 4 nitrogen and oxygen atoms in total. The standard InChI is InChI=1S/C18H19FN2O2S/c1-4-14-15(12-6-5-7-13(10-12)23-3)16-17(24-14)20-11(2)21(9-8-19)18(16)22/h5-7,10H,4,8-9H2,1-3H3. The summed E-state index contributed by atoms with van der Waals surface area (Å²) in [5, 5.41) is 0.573. The Morgan fingerprint density at radius 2 is 2.17 bits per heavy atom. The molecule has 2 aromatic heterocycles. The predicted molar refractivity (Wildman–Crippen MR) is 96.0 cm³/mol. The minimum Gasteiger partial charge on any atom is -0.497 e. The fourth-order valence-corrected chi connectivity index (χ4v) is 4.08. The lowest BCUT2D eigenvalue weighted by atomic mass is 10.0. The maximum absolute atomic E-state index is 12.9. The highest BCUT2D eigenvalue weighted by molar-refractivity contribution is 7.19. The summed E-state index contributed by atoms with van der Waals surface area (Å²) in [4.78, 5) is 19.3. The van der Waals surface area contributed by atoms with Crippen LogP contribution in [-0.2, 0) is 13.0 Å². The molecule has 0 atom stereocenters. The second-order valence-corrected chi connectivity index (χ2v) is 6.55. The Morgan fingerprint density at radius 3 is 2.83 bits per heavy atom. The van der Waals surface area contributed by atoms with E-state index in [4.69, 9.17) is 4.74 Å². The van der Waals surface area contributed by atoms with Gasteiger partial charge in [0.15, 0.2) is 0 Å². The van der Waals surface area contributed by atoms with Crippen molar-refractivity contribution in [2.45, 2.75) is 26.8 Å². The average Bonchev–Trinajstić information content (AvgIpc) is 2.97. The number of hydrogen-bond donors (Lipinski definition) is 0. The molecule has 3 rings (SSSR count). The fraction of sp³-hybridized carbons (Fsp3) is 0.333. The van der Waals surface area contributed by atoms with Gasteiger partial charge in [-0.3, -0.25) is 9.36 Å². The van der Waals surface area contributed by atoms with Gasteiger partial charge in [0, 0.05) is 10.4 Å². The molecule has 0 saturated heterocycles. The van der Waals surface area contributed by atoms with Gasteiger partial charge in [-0.1, -0.05) is 19.1 Å². The molecule has 1 aromatic carbocycles. The summed E-state index contributed by atoms with van der Waals surface area (Å²) in [5.41, 5.74) is 1.64. The van der Waals surface area contributed by atoms with Gasteiger partial charge < -0.3 is 4.74 Å². The lowest BCUT2D eigenvalue weighted by Crippen LogP contribution is -2.24. The Labute approximate surface area is 143 Å². The Bertz CT molecular complexity index is 946. The molecule has 0 aliphatic rings. The van der Waals surface area contributed by atoms with E-state index in [9.17, 15) is 9.18 Å². The van der Waals surface area contributed by atoms with Crippen molar-refractivity contribution in [1.82, 2.24) is 9.55 Å². The van der Waals surface area contributed by atoms with E-state index < -0.39 is 6.67 Å². The zero-order chi connectivity index (χ0) is 17.3. The van der Waals surface area contributed by atoms with Gasteiger partial charge in [0.05, 0.1) is 19.0 Å². The summed E-state index contributed by atoms with van der Waals surface area (Å²) in [5.74, 6) is 1.28. The van der Waals surface area contributed by atoms with Gasteiger partial charge >= 0.3 is 0 Å². The molecule has 0 spiro atoms. The molecular formula is C18H19FN2O2S. The zero-order valence-electron chi connectivity index (χ0n) is 13.9. The van der Waals surface area contributed by atoms with E-state index in [1.807, 2.05) is 24.3 Å². The van der Waals surface area contributed by atoms with Crippen LogP contribution in [0.2, 0.25) is 0 Å². The van der Waals surface area contributed by atoms with Crippen LogP contribution < -0.4 is 10.3 Å². The first-order valence-corrected chi connectivity index (χ1v) is 8.65. The number of nitrogens with zero attached hydrogens (tertiary/aromatic N) is 2. The summed E-state index contributed by atoms with van der Waals surface area (Å²) in [7, 11) is 1.62. The van der Waals surface area contributed by atoms with E-state index >= 15 is 0 Å². The van der Waals surface area contributed by atoms with Crippen LogP contribution in [0.4, 0.5) is 4.39 Å². The Morgan fingerprint density at radius 1 is 1.38 bits per heavy atom. The number of thiophene rings is 1. The number of rotatable bonds is 5. The molecule has 0 radical (unpaired) electrons. The van der Waals surface area contributed by atoms with E-state index in [1.165, 1.54) is 15.9 Å². The van der Waals surface area contributed by atoms with E-state index in [1.54, 1.807) is 14.0 Å². The highest BCUT2D eigenvalue weighted by Crippen LogP contribution is 2.37. The number of methoxy groups -OCH3 is 1. The summed E-state index contributed by atoms with van der Waals surface area (Å²) in [6.45, 7) is 3.24. The molecule has 0 bridgehead atoms. The summed E-state index contributed by atoms with van der Waals surface area (Å²) < 4.78 is 19.6. The Kier molecular flexibility index (Phi) is 4.66. The van der Waals surface area contributed by atoms with Crippen LogP contribution in [0.25, 0.3) is 21.3 Å². The van der Waals surface area contributed by atoms with Gasteiger partial charge in [0.1, 0.15) is 23.1 Å². The van der Waals surface area contributed by atoms with Crippen LogP contribution in [0.3, 0.4) is 0 Å². The van der Waals surface area contributed by atoms with Crippen LogP contribution in [-0.4, -0.2) is 23.3 Å². The van der Waals surface area contributed by atoms with Crippen molar-refractivity contribution in [1.29, 1.82) is 0 Å². The monoisotopic (exact) mass is 346 g/mol. The highest BCUT2D eigenvalue weighted by atomic mass is 32.1. The largest absolute Gasteiger partial charge is 0.497 e. The van der Waals surface area contributed by atoms with E-state index in [2.05, 4.69) is 11.9 Å². The maximum atomic E-state index is 12.9. The van der Waals surface area contributed by atoms with Crippen molar-refractivity contribution in [3.05, 3.63) is 45.3 Å². The molecule has 0 fully saturated rings. The molecule has 0 saturated carbocycles. The smallest absolute Gasteiger partial charge is 0.262 e. The third-order valence-electron chi connectivity index (χ3n) is 4.06. The summed E-state index contributed by atoms with van der Waals surface area (Å²) in [6, 6.07) is 7.65. The maximum Gasteiger partial charge on any atom is 0.262 e.